The largest absolute Gasteiger partial charge is 0.372 e. The summed E-state index contributed by atoms with van der Waals surface area (Å²) in [6, 6.07) is 3.82. The van der Waals surface area contributed by atoms with Crippen LogP contribution in [0.4, 0.5) is 11.6 Å². The van der Waals surface area contributed by atoms with E-state index in [0.717, 1.165) is 6.54 Å². The molecule has 0 spiro atoms. The zero-order chi connectivity index (χ0) is 14.4. The molecule has 1 rings (SSSR count). The SMILES string of the molecule is CNc1nc(N(CCC#N)CC(C)C)c(Cl)cc1Cl. The summed E-state index contributed by atoms with van der Waals surface area (Å²) < 4.78 is 0. The summed E-state index contributed by atoms with van der Waals surface area (Å²) in [5, 5.41) is 12.7. The molecule has 0 amide bonds. The first-order valence-corrected chi connectivity index (χ1v) is 6.90. The van der Waals surface area contributed by atoms with Crippen LogP contribution in [0, 0.1) is 17.2 Å². The highest BCUT2D eigenvalue weighted by Crippen LogP contribution is 2.31. The van der Waals surface area contributed by atoms with Gasteiger partial charge in [-0.25, -0.2) is 4.98 Å². The predicted molar refractivity (Wildman–Crippen MR) is 81.1 cm³/mol. The summed E-state index contributed by atoms with van der Waals surface area (Å²) >= 11 is 12.3. The van der Waals surface area contributed by atoms with Gasteiger partial charge in [-0.2, -0.15) is 5.26 Å². The highest BCUT2D eigenvalue weighted by Gasteiger charge is 2.16. The number of nitrogens with zero attached hydrogens (tertiary/aromatic N) is 3. The number of halogens is 2. The average Bonchev–Trinajstić information content (AvgIpc) is 2.34. The Kier molecular flexibility index (Phi) is 6.20. The second-order valence-corrected chi connectivity index (χ2v) is 5.44. The zero-order valence-corrected chi connectivity index (χ0v) is 12.9. The summed E-state index contributed by atoms with van der Waals surface area (Å²) in [7, 11) is 1.76. The van der Waals surface area contributed by atoms with Crippen LogP contribution in [0.1, 0.15) is 20.3 Å². The molecule has 1 N–H and O–H groups in total. The van der Waals surface area contributed by atoms with Gasteiger partial charge in [0, 0.05) is 20.1 Å². The van der Waals surface area contributed by atoms with E-state index in [1.807, 2.05) is 4.90 Å². The van der Waals surface area contributed by atoms with E-state index in [4.69, 9.17) is 28.5 Å². The van der Waals surface area contributed by atoms with Crippen LogP contribution in [0.15, 0.2) is 6.07 Å². The Balaban J connectivity index is 3.10. The third kappa shape index (κ3) is 4.45. The van der Waals surface area contributed by atoms with Gasteiger partial charge >= 0.3 is 0 Å². The number of hydrogen-bond donors (Lipinski definition) is 1. The molecule has 0 saturated carbocycles. The Labute approximate surface area is 124 Å². The van der Waals surface area contributed by atoms with Crippen LogP contribution in [0.5, 0.6) is 0 Å². The molecule has 1 aromatic heterocycles. The minimum atomic E-state index is 0.433. The van der Waals surface area contributed by atoms with Crippen molar-refractivity contribution >= 4 is 34.8 Å². The van der Waals surface area contributed by atoms with Gasteiger partial charge in [0.1, 0.15) is 11.6 Å². The standard InChI is InChI=1S/C13H18Cl2N4/c1-9(2)8-19(6-4-5-16)13-11(15)7-10(14)12(17-3)18-13/h7,9H,4,6,8H2,1-3H3,(H,17,18). The van der Waals surface area contributed by atoms with Crippen LogP contribution in [-0.2, 0) is 0 Å². The fraction of sp³-hybridized carbons (Fsp3) is 0.538. The minimum Gasteiger partial charge on any atom is -0.372 e. The van der Waals surface area contributed by atoms with E-state index in [2.05, 4.69) is 30.2 Å². The minimum absolute atomic E-state index is 0.433. The molecular formula is C13H18Cl2N4. The molecule has 1 heterocycles. The topological polar surface area (TPSA) is 52.0 Å². The average molecular weight is 301 g/mol. The highest BCUT2D eigenvalue weighted by atomic mass is 35.5. The maximum atomic E-state index is 8.75. The van der Waals surface area contributed by atoms with Crippen LogP contribution in [0.25, 0.3) is 0 Å². The Morgan fingerprint density at radius 1 is 1.42 bits per heavy atom. The fourth-order valence-electron chi connectivity index (χ4n) is 1.76. The summed E-state index contributed by atoms with van der Waals surface area (Å²) in [5.74, 6) is 1.71. The molecule has 0 aliphatic carbocycles. The lowest BCUT2D eigenvalue weighted by atomic mass is 10.2. The molecule has 0 aliphatic heterocycles. The lowest BCUT2D eigenvalue weighted by Crippen LogP contribution is -2.29. The molecule has 0 atom stereocenters. The highest BCUT2D eigenvalue weighted by molar-refractivity contribution is 6.37. The van der Waals surface area contributed by atoms with E-state index in [0.29, 0.717) is 40.6 Å². The van der Waals surface area contributed by atoms with Crippen molar-refractivity contribution in [3.8, 4) is 6.07 Å². The molecular weight excluding hydrogens is 283 g/mol. The molecule has 104 valence electrons. The van der Waals surface area contributed by atoms with Gasteiger partial charge in [0.05, 0.1) is 22.5 Å². The molecule has 0 unspecified atom stereocenters. The maximum absolute atomic E-state index is 8.75. The van der Waals surface area contributed by atoms with Gasteiger partial charge in [-0.1, -0.05) is 37.0 Å². The first kappa shape index (κ1) is 15.9. The van der Waals surface area contributed by atoms with Crippen LogP contribution < -0.4 is 10.2 Å². The first-order chi connectivity index (χ1) is 8.99. The van der Waals surface area contributed by atoms with Gasteiger partial charge in [0.15, 0.2) is 0 Å². The number of nitrogens with one attached hydrogen (secondary N) is 1. The summed E-state index contributed by atoms with van der Waals surface area (Å²) in [4.78, 5) is 6.46. The molecule has 6 heteroatoms. The second-order valence-electron chi connectivity index (χ2n) is 4.62. The van der Waals surface area contributed by atoms with Crippen LogP contribution in [0.3, 0.4) is 0 Å². The van der Waals surface area contributed by atoms with Crippen molar-refractivity contribution in [3.05, 3.63) is 16.1 Å². The molecule has 0 aliphatic rings. The van der Waals surface area contributed by atoms with Crippen molar-refractivity contribution in [2.24, 2.45) is 5.92 Å². The lowest BCUT2D eigenvalue weighted by molar-refractivity contribution is 0.608. The zero-order valence-electron chi connectivity index (χ0n) is 11.4. The van der Waals surface area contributed by atoms with Crippen molar-refractivity contribution in [2.75, 3.05) is 30.4 Å². The van der Waals surface area contributed by atoms with Crippen LogP contribution >= 0.6 is 23.2 Å². The quantitative estimate of drug-likeness (QED) is 0.868. The van der Waals surface area contributed by atoms with E-state index >= 15 is 0 Å². The molecule has 0 bridgehead atoms. The third-order valence-corrected chi connectivity index (χ3v) is 3.09. The van der Waals surface area contributed by atoms with Crippen molar-refractivity contribution in [3.63, 3.8) is 0 Å². The molecule has 0 fully saturated rings. The predicted octanol–water partition coefficient (Wildman–Crippen LogP) is 3.81. The van der Waals surface area contributed by atoms with E-state index in [9.17, 15) is 0 Å². The Bertz CT molecular complexity index is 468. The van der Waals surface area contributed by atoms with Crippen molar-refractivity contribution in [2.45, 2.75) is 20.3 Å². The number of aromatic nitrogens is 1. The monoisotopic (exact) mass is 300 g/mol. The second kappa shape index (κ2) is 7.42. The molecule has 0 aromatic carbocycles. The van der Waals surface area contributed by atoms with Crippen molar-refractivity contribution < 1.29 is 0 Å². The number of rotatable bonds is 6. The number of hydrogen-bond acceptors (Lipinski definition) is 4. The number of pyridine rings is 1. The fourth-order valence-corrected chi connectivity index (χ4v) is 2.34. The maximum Gasteiger partial charge on any atom is 0.149 e. The van der Waals surface area contributed by atoms with Gasteiger partial charge in [0.25, 0.3) is 0 Å². The lowest BCUT2D eigenvalue weighted by Gasteiger charge is -2.26. The molecule has 19 heavy (non-hydrogen) atoms. The molecule has 0 saturated heterocycles. The van der Waals surface area contributed by atoms with Crippen LogP contribution in [0.2, 0.25) is 10.0 Å². The number of nitriles is 1. The summed E-state index contributed by atoms with van der Waals surface area (Å²) in [6.45, 7) is 5.62. The molecule has 1 aromatic rings. The van der Waals surface area contributed by atoms with Crippen molar-refractivity contribution in [1.29, 1.82) is 5.26 Å². The summed E-state index contributed by atoms with van der Waals surface area (Å²) in [6.07, 6.45) is 0.433. The Morgan fingerprint density at radius 3 is 2.63 bits per heavy atom. The van der Waals surface area contributed by atoms with Gasteiger partial charge in [-0.15, -0.1) is 0 Å². The molecule has 4 nitrogen and oxygen atoms in total. The third-order valence-electron chi connectivity index (χ3n) is 2.53. The Morgan fingerprint density at radius 2 is 2.11 bits per heavy atom. The van der Waals surface area contributed by atoms with Gasteiger partial charge in [0.2, 0.25) is 0 Å². The summed E-state index contributed by atoms with van der Waals surface area (Å²) in [5.41, 5.74) is 0. The Hall–Kier alpha value is -1.18. The number of anilines is 2. The van der Waals surface area contributed by atoms with Gasteiger partial charge < -0.3 is 10.2 Å². The smallest absolute Gasteiger partial charge is 0.149 e. The van der Waals surface area contributed by atoms with Crippen molar-refractivity contribution in [1.82, 2.24) is 4.98 Å². The van der Waals surface area contributed by atoms with E-state index < -0.39 is 0 Å². The van der Waals surface area contributed by atoms with E-state index in [1.54, 1.807) is 13.1 Å². The van der Waals surface area contributed by atoms with Gasteiger partial charge in [-0.05, 0) is 12.0 Å². The van der Waals surface area contributed by atoms with E-state index in [1.165, 1.54) is 0 Å². The first-order valence-electron chi connectivity index (χ1n) is 6.15. The molecule has 0 radical (unpaired) electrons. The van der Waals surface area contributed by atoms with Crippen LogP contribution in [-0.4, -0.2) is 25.1 Å². The normalized spacial score (nSPS) is 10.4. The van der Waals surface area contributed by atoms with Gasteiger partial charge in [-0.3, -0.25) is 0 Å². The van der Waals surface area contributed by atoms with E-state index in [-0.39, 0.29) is 0 Å².